The summed E-state index contributed by atoms with van der Waals surface area (Å²) in [5, 5.41) is 5.75. The van der Waals surface area contributed by atoms with E-state index >= 15 is 0 Å². The van der Waals surface area contributed by atoms with Gasteiger partial charge in [0.25, 0.3) is 0 Å². The summed E-state index contributed by atoms with van der Waals surface area (Å²) in [6.07, 6.45) is 2.58. The lowest BCUT2D eigenvalue weighted by molar-refractivity contribution is 0.0676. The summed E-state index contributed by atoms with van der Waals surface area (Å²) in [5.74, 6) is -1.05. The Morgan fingerprint density at radius 2 is 2.00 bits per heavy atom. The van der Waals surface area contributed by atoms with Crippen LogP contribution in [0.5, 0.6) is 0 Å². The average molecular weight is 462 g/mol. The monoisotopic (exact) mass is 461 g/mol. The quantitative estimate of drug-likeness (QED) is 0.608. The number of furan rings is 1. The summed E-state index contributed by atoms with van der Waals surface area (Å²) in [5.41, 5.74) is 1.55. The second-order valence-corrected chi connectivity index (χ2v) is 9.14. The number of nitrogens with zero attached hydrogens (tertiary/aromatic N) is 2. The summed E-state index contributed by atoms with van der Waals surface area (Å²) < 4.78 is 45.4. The molecule has 3 aromatic rings. The first-order chi connectivity index (χ1) is 14.7. The molecule has 1 aliphatic rings. The zero-order valence-corrected chi connectivity index (χ0v) is 17.8. The van der Waals surface area contributed by atoms with Gasteiger partial charge in [-0.1, -0.05) is 29.8 Å². The number of halogens is 2. The molecule has 1 atom stereocenters. The number of benzene rings is 2. The molecule has 0 aliphatic carbocycles. The molecule has 2 aromatic carbocycles. The van der Waals surface area contributed by atoms with Crippen molar-refractivity contribution in [3.8, 4) is 0 Å². The second kappa shape index (κ2) is 8.16. The number of hydrogen-bond donors (Lipinski definition) is 1. The van der Waals surface area contributed by atoms with Gasteiger partial charge in [0.2, 0.25) is 10.0 Å². The molecule has 2 heterocycles. The van der Waals surface area contributed by atoms with Gasteiger partial charge in [-0.05, 0) is 42.0 Å². The van der Waals surface area contributed by atoms with Gasteiger partial charge in [0, 0.05) is 22.7 Å². The van der Waals surface area contributed by atoms with Gasteiger partial charge in [0.05, 0.1) is 24.3 Å². The SMILES string of the molecule is CS(=O)(=O)Nc1cccc(C2=NN(C(=O)c3ccco3)[C@@H](c3c(F)cccc3Cl)C2)c1. The van der Waals surface area contributed by atoms with Crippen LogP contribution in [0, 0.1) is 5.82 Å². The number of hydrazone groups is 1. The Morgan fingerprint density at radius 1 is 1.23 bits per heavy atom. The van der Waals surface area contributed by atoms with Crippen LogP contribution >= 0.6 is 11.6 Å². The van der Waals surface area contributed by atoms with Gasteiger partial charge in [-0.25, -0.2) is 17.8 Å². The molecular formula is C21H17ClFN3O4S. The number of hydrogen-bond acceptors (Lipinski definition) is 5. The molecule has 10 heteroatoms. The summed E-state index contributed by atoms with van der Waals surface area (Å²) in [6.45, 7) is 0. The zero-order chi connectivity index (χ0) is 22.2. The van der Waals surface area contributed by atoms with Gasteiger partial charge >= 0.3 is 5.91 Å². The summed E-state index contributed by atoms with van der Waals surface area (Å²) >= 11 is 6.27. The highest BCUT2D eigenvalue weighted by Crippen LogP contribution is 2.38. The van der Waals surface area contributed by atoms with Crippen molar-refractivity contribution in [1.82, 2.24) is 5.01 Å². The van der Waals surface area contributed by atoms with Gasteiger partial charge in [0.1, 0.15) is 5.82 Å². The first-order valence-corrected chi connectivity index (χ1v) is 11.5. The molecule has 160 valence electrons. The average Bonchev–Trinajstić information content (AvgIpc) is 3.37. The Bertz CT molecular complexity index is 1260. The number of carbonyl (C=O) groups is 1. The molecule has 0 unspecified atom stereocenters. The lowest BCUT2D eigenvalue weighted by Gasteiger charge is -2.22. The molecular weight excluding hydrogens is 445 g/mol. The van der Waals surface area contributed by atoms with E-state index in [9.17, 15) is 17.6 Å². The standard InChI is InChI=1S/C21H17ClFN3O4S/c1-31(28,29)25-14-6-2-5-13(11-14)17-12-18(20-15(22)7-3-8-16(20)23)26(24-17)21(27)19-9-4-10-30-19/h2-11,18,25H,12H2,1H3/t18-/m1/s1. The highest BCUT2D eigenvalue weighted by Gasteiger charge is 2.37. The maximum atomic E-state index is 14.7. The fourth-order valence-corrected chi connectivity index (χ4v) is 4.26. The van der Waals surface area contributed by atoms with E-state index in [-0.39, 0.29) is 22.8 Å². The number of rotatable bonds is 5. The van der Waals surface area contributed by atoms with E-state index in [1.165, 1.54) is 24.5 Å². The molecule has 0 bridgehead atoms. The van der Waals surface area contributed by atoms with Gasteiger partial charge in [-0.3, -0.25) is 9.52 Å². The van der Waals surface area contributed by atoms with E-state index < -0.39 is 27.8 Å². The highest BCUT2D eigenvalue weighted by atomic mass is 35.5. The minimum atomic E-state index is -3.47. The molecule has 1 N–H and O–H groups in total. The zero-order valence-electron chi connectivity index (χ0n) is 16.2. The van der Waals surface area contributed by atoms with Crippen LogP contribution in [0.2, 0.25) is 5.02 Å². The topological polar surface area (TPSA) is 92.0 Å². The van der Waals surface area contributed by atoms with E-state index in [0.29, 0.717) is 17.0 Å². The molecule has 0 fully saturated rings. The molecule has 1 aliphatic heterocycles. The van der Waals surface area contributed by atoms with Gasteiger partial charge in [0.15, 0.2) is 5.76 Å². The Labute approximate surface area is 183 Å². The number of amides is 1. The first kappa shape index (κ1) is 21.1. The fraction of sp³-hybridized carbons (Fsp3) is 0.143. The van der Waals surface area contributed by atoms with Crippen molar-refractivity contribution in [2.24, 2.45) is 5.10 Å². The summed E-state index contributed by atoms with van der Waals surface area (Å²) in [4.78, 5) is 13.0. The Morgan fingerprint density at radius 3 is 2.68 bits per heavy atom. The van der Waals surface area contributed by atoms with Crippen LogP contribution in [0.1, 0.15) is 34.1 Å². The van der Waals surface area contributed by atoms with Crippen LogP contribution in [0.4, 0.5) is 10.1 Å². The van der Waals surface area contributed by atoms with Crippen LogP contribution in [-0.4, -0.2) is 31.3 Å². The maximum Gasteiger partial charge on any atom is 0.310 e. The van der Waals surface area contributed by atoms with E-state index in [1.54, 1.807) is 36.4 Å². The van der Waals surface area contributed by atoms with Gasteiger partial charge < -0.3 is 4.42 Å². The van der Waals surface area contributed by atoms with Crippen molar-refractivity contribution in [3.63, 3.8) is 0 Å². The number of nitrogens with one attached hydrogen (secondary N) is 1. The van der Waals surface area contributed by atoms with E-state index in [4.69, 9.17) is 16.0 Å². The fourth-order valence-electron chi connectivity index (χ4n) is 3.42. The van der Waals surface area contributed by atoms with E-state index in [1.807, 2.05) is 0 Å². The molecule has 0 saturated carbocycles. The van der Waals surface area contributed by atoms with Crippen molar-refractivity contribution in [1.29, 1.82) is 0 Å². The Kier molecular flexibility index (Phi) is 5.55. The van der Waals surface area contributed by atoms with Crippen LogP contribution in [-0.2, 0) is 10.0 Å². The van der Waals surface area contributed by atoms with Crippen LogP contribution < -0.4 is 4.72 Å². The number of carbonyl (C=O) groups excluding carboxylic acids is 1. The minimum absolute atomic E-state index is 0.0509. The molecule has 7 nitrogen and oxygen atoms in total. The molecule has 0 spiro atoms. The van der Waals surface area contributed by atoms with Crippen LogP contribution in [0.25, 0.3) is 0 Å². The number of anilines is 1. The first-order valence-electron chi connectivity index (χ1n) is 9.19. The molecule has 1 amide bonds. The van der Waals surface area contributed by atoms with E-state index in [0.717, 1.165) is 11.3 Å². The maximum absolute atomic E-state index is 14.7. The predicted molar refractivity (Wildman–Crippen MR) is 115 cm³/mol. The summed E-state index contributed by atoms with van der Waals surface area (Å²) in [6, 6.07) is 13.1. The minimum Gasteiger partial charge on any atom is -0.459 e. The molecule has 0 radical (unpaired) electrons. The van der Waals surface area contributed by atoms with Crippen molar-refractivity contribution in [2.45, 2.75) is 12.5 Å². The molecule has 4 rings (SSSR count). The van der Waals surface area contributed by atoms with Crippen LogP contribution in [0.15, 0.2) is 70.4 Å². The van der Waals surface area contributed by atoms with Crippen LogP contribution in [0.3, 0.4) is 0 Å². The molecule has 1 aromatic heterocycles. The molecule has 31 heavy (non-hydrogen) atoms. The second-order valence-electron chi connectivity index (χ2n) is 6.98. The third-order valence-corrected chi connectivity index (χ3v) is 5.62. The van der Waals surface area contributed by atoms with Gasteiger partial charge in [-0.15, -0.1) is 0 Å². The van der Waals surface area contributed by atoms with Crippen molar-refractivity contribution in [3.05, 3.63) is 88.6 Å². The lowest BCUT2D eigenvalue weighted by atomic mass is 9.97. The largest absolute Gasteiger partial charge is 0.459 e. The Balaban J connectivity index is 1.76. The van der Waals surface area contributed by atoms with Crippen molar-refractivity contribution >= 4 is 38.9 Å². The lowest BCUT2D eigenvalue weighted by Crippen LogP contribution is -2.27. The number of sulfonamides is 1. The van der Waals surface area contributed by atoms with E-state index in [2.05, 4.69) is 9.82 Å². The Hall–Kier alpha value is -3.17. The third kappa shape index (κ3) is 4.47. The molecule has 0 saturated heterocycles. The van der Waals surface area contributed by atoms with Crippen molar-refractivity contribution < 1.29 is 22.0 Å². The van der Waals surface area contributed by atoms with Crippen molar-refractivity contribution in [2.75, 3.05) is 11.0 Å². The predicted octanol–water partition coefficient (Wildman–Crippen LogP) is 4.44. The van der Waals surface area contributed by atoms with Gasteiger partial charge in [-0.2, -0.15) is 5.10 Å². The third-order valence-electron chi connectivity index (χ3n) is 4.68. The normalized spacial score (nSPS) is 16.3. The smallest absolute Gasteiger partial charge is 0.310 e. The summed E-state index contributed by atoms with van der Waals surface area (Å²) in [7, 11) is -3.47. The highest BCUT2D eigenvalue weighted by molar-refractivity contribution is 7.92.